The first-order chi connectivity index (χ1) is 7.72. The van der Waals surface area contributed by atoms with E-state index in [-0.39, 0.29) is 6.61 Å². The number of nitrogens with two attached hydrogens (primary N) is 1. The van der Waals surface area contributed by atoms with E-state index in [1.165, 1.54) is 0 Å². The fourth-order valence-corrected chi connectivity index (χ4v) is 2.79. The standard InChI is InChI=1S/C11H16BrN3O/c12-9-4-14-5-10(13)11(9)15-3-1-2-8(6-15)7-16/h4-5,8,16H,1-3,6-7,13H2. The minimum absolute atomic E-state index is 0.249. The van der Waals surface area contributed by atoms with Crippen molar-refractivity contribution in [1.29, 1.82) is 0 Å². The molecule has 1 saturated heterocycles. The molecule has 1 fully saturated rings. The molecular formula is C11H16BrN3O. The Balaban J connectivity index is 2.23. The summed E-state index contributed by atoms with van der Waals surface area (Å²) in [5.41, 5.74) is 7.64. The zero-order chi connectivity index (χ0) is 11.5. The van der Waals surface area contributed by atoms with Crippen LogP contribution < -0.4 is 10.6 Å². The van der Waals surface area contributed by atoms with Gasteiger partial charge in [0.05, 0.1) is 22.0 Å². The maximum Gasteiger partial charge on any atom is 0.0776 e. The molecule has 1 aliphatic heterocycles. The number of anilines is 2. The highest BCUT2D eigenvalue weighted by molar-refractivity contribution is 9.10. The molecule has 1 unspecified atom stereocenters. The molecular weight excluding hydrogens is 270 g/mol. The van der Waals surface area contributed by atoms with E-state index in [1.807, 2.05) is 0 Å². The van der Waals surface area contributed by atoms with Gasteiger partial charge in [0.2, 0.25) is 0 Å². The molecule has 0 saturated carbocycles. The van der Waals surface area contributed by atoms with E-state index >= 15 is 0 Å². The van der Waals surface area contributed by atoms with Crippen LogP contribution in [0.2, 0.25) is 0 Å². The third kappa shape index (κ3) is 2.30. The average Bonchev–Trinajstić information content (AvgIpc) is 2.29. The second kappa shape index (κ2) is 5.01. The van der Waals surface area contributed by atoms with Crippen molar-refractivity contribution >= 4 is 27.3 Å². The second-order valence-electron chi connectivity index (χ2n) is 4.20. The average molecular weight is 286 g/mol. The molecule has 1 aliphatic rings. The number of rotatable bonds is 2. The minimum Gasteiger partial charge on any atom is -0.396 e. The molecule has 2 rings (SSSR count). The van der Waals surface area contributed by atoms with Crippen molar-refractivity contribution in [2.45, 2.75) is 12.8 Å². The van der Waals surface area contributed by atoms with Crippen molar-refractivity contribution in [3.63, 3.8) is 0 Å². The first-order valence-corrected chi connectivity index (χ1v) is 6.26. The Morgan fingerprint density at radius 3 is 3.06 bits per heavy atom. The number of piperidine rings is 1. The number of pyridine rings is 1. The summed E-state index contributed by atoms with van der Waals surface area (Å²) in [6, 6.07) is 0. The lowest BCUT2D eigenvalue weighted by Crippen LogP contribution is -2.37. The number of nitrogens with zero attached hydrogens (tertiary/aromatic N) is 2. The predicted molar refractivity (Wildman–Crippen MR) is 68.4 cm³/mol. The molecule has 1 atom stereocenters. The van der Waals surface area contributed by atoms with Gasteiger partial charge in [0.1, 0.15) is 0 Å². The van der Waals surface area contributed by atoms with Crippen molar-refractivity contribution in [2.24, 2.45) is 5.92 Å². The zero-order valence-electron chi connectivity index (χ0n) is 9.06. The Morgan fingerprint density at radius 1 is 1.56 bits per heavy atom. The number of nitrogen functional groups attached to an aromatic ring is 1. The van der Waals surface area contributed by atoms with Crippen LogP contribution in [0.15, 0.2) is 16.9 Å². The Labute approximate surface area is 104 Å². The van der Waals surface area contributed by atoms with Crippen LogP contribution in [-0.4, -0.2) is 29.8 Å². The lowest BCUT2D eigenvalue weighted by Gasteiger charge is -2.34. The molecule has 0 aliphatic carbocycles. The number of aromatic nitrogens is 1. The van der Waals surface area contributed by atoms with Crippen LogP contribution in [0.1, 0.15) is 12.8 Å². The van der Waals surface area contributed by atoms with Gasteiger partial charge in [0, 0.05) is 25.9 Å². The summed E-state index contributed by atoms with van der Waals surface area (Å²) in [4.78, 5) is 6.26. The van der Waals surface area contributed by atoms with E-state index in [2.05, 4.69) is 25.8 Å². The lowest BCUT2D eigenvalue weighted by atomic mass is 9.98. The fraction of sp³-hybridized carbons (Fsp3) is 0.545. The Bertz CT molecular complexity index is 352. The SMILES string of the molecule is Nc1cncc(Br)c1N1CCCC(CO)C1. The van der Waals surface area contributed by atoms with Gasteiger partial charge in [-0.25, -0.2) is 0 Å². The van der Waals surface area contributed by atoms with E-state index in [0.29, 0.717) is 11.6 Å². The number of hydrogen-bond acceptors (Lipinski definition) is 4. The molecule has 3 N–H and O–H groups in total. The lowest BCUT2D eigenvalue weighted by molar-refractivity contribution is 0.208. The van der Waals surface area contributed by atoms with Gasteiger partial charge in [-0.15, -0.1) is 0 Å². The molecule has 16 heavy (non-hydrogen) atoms. The molecule has 0 amide bonds. The summed E-state index contributed by atoms with van der Waals surface area (Å²) in [5.74, 6) is 0.355. The minimum atomic E-state index is 0.249. The summed E-state index contributed by atoms with van der Waals surface area (Å²) in [6.45, 7) is 2.10. The molecule has 0 aromatic carbocycles. The maximum absolute atomic E-state index is 9.21. The van der Waals surface area contributed by atoms with Crippen LogP contribution in [0.4, 0.5) is 11.4 Å². The fourth-order valence-electron chi connectivity index (χ4n) is 2.19. The van der Waals surface area contributed by atoms with Gasteiger partial charge in [0.15, 0.2) is 0 Å². The monoisotopic (exact) mass is 285 g/mol. The molecule has 0 bridgehead atoms. The van der Waals surface area contributed by atoms with Crippen molar-refractivity contribution in [1.82, 2.24) is 4.98 Å². The highest BCUT2D eigenvalue weighted by atomic mass is 79.9. The summed E-state index contributed by atoms with van der Waals surface area (Å²) in [5, 5.41) is 9.21. The molecule has 4 nitrogen and oxygen atoms in total. The Morgan fingerprint density at radius 2 is 2.38 bits per heavy atom. The summed E-state index contributed by atoms with van der Waals surface area (Å²) >= 11 is 3.48. The topological polar surface area (TPSA) is 62.4 Å². The highest BCUT2D eigenvalue weighted by Crippen LogP contribution is 2.33. The van der Waals surface area contributed by atoms with Crippen LogP contribution in [0.25, 0.3) is 0 Å². The van der Waals surface area contributed by atoms with E-state index in [4.69, 9.17) is 5.73 Å². The molecule has 2 heterocycles. The molecule has 0 radical (unpaired) electrons. The molecule has 88 valence electrons. The summed E-state index contributed by atoms with van der Waals surface area (Å²) in [6.07, 6.45) is 5.62. The van der Waals surface area contributed by atoms with E-state index in [0.717, 1.165) is 36.1 Å². The van der Waals surface area contributed by atoms with Gasteiger partial charge in [0.25, 0.3) is 0 Å². The van der Waals surface area contributed by atoms with Crippen LogP contribution in [-0.2, 0) is 0 Å². The first kappa shape index (κ1) is 11.7. The van der Waals surface area contributed by atoms with Crippen LogP contribution in [0, 0.1) is 5.92 Å². The van der Waals surface area contributed by atoms with E-state index in [1.54, 1.807) is 12.4 Å². The van der Waals surface area contributed by atoms with Crippen LogP contribution >= 0.6 is 15.9 Å². The van der Waals surface area contributed by atoms with Crippen molar-refractivity contribution in [2.75, 3.05) is 30.3 Å². The normalized spacial score (nSPS) is 21.1. The van der Waals surface area contributed by atoms with Gasteiger partial charge in [-0.05, 0) is 34.7 Å². The van der Waals surface area contributed by atoms with E-state index < -0.39 is 0 Å². The quantitative estimate of drug-likeness (QED) is 0.867. The third-order valence-corrected chi connectivity index (χ3v) is 3.57. The summed E-state index contributed by atoms with van der Waals surface area (Å²) < 4.78 is 0.922. The number of aliphatic hydroxyl groups is 1. The Kier molecular flexibility index (Phi) is 3.66. The van der Waals surface area contributed by atoms with Crippen LogP contribution in [0.5, 0.6) is 0 Å². The molecule has 5 heteroatoms. The first-order valence-electron chi connectivity index (χ1n) is 5.47. The van der Waals surface area contributed by atoms with Gasteiger partial charge in [-0.1, -0.05) is 0 Å². The number of hydrogen-bond donors (Lipinski definition) is 2. The second-order valence-corrected chi connectivity index (χ2v) is 5.05. The van der Waals surface area contributed by atoms with Crippen molar-refractivity contribution < 1.29 is 5.11 Å². The van der Waals surface area contributed by atoms with Gasteiger partial charge < -0.3 is 15.7 Å². The maximum atomic E-state index is 9.21. The summed E-state index contributed by atoms with van der Waals surface area (Å²) in [7, 11) is 0. The number of halogens is 1. The van der Waals surface area contributed by atoms with Crippen molar-refractivity contribution in [3.05, 3.63) is 16.9 Å². The van der Waals surface area contributed by atoms with Crippen molar-refractivity contribution in [3.8, 4) is 0 Å². The zero-order valence-corrected chi connectivity index (χ0v) is 10.7. The highest BCUT2D eigenvalue weighted by Gasteiger charge is 2.22. The number of aliphatic hydroxyl groups excluding tert-OH is 1. The van der Waals surface area contributed by atoms with Crippen LogP contribution in [0.3, 0.4) is 0 Å². The smallest absolute Gasteiger partial charge is 0.0776 e. The van der Waals surface area contributed by atoms with Gasteiger partial charge in [-0.2, -0.15) is 0 Å². The van der Waals surface area contributed by atoms with E-state index in [9.17, 15) is 5.11 Å². The molecule has 1 aromatic rings. The van der Waals surface area contributed by atoms with Gasteiger partial charge in [-0.3, -0.25) is 4.98 Å². The largest absolute Gasteiger partial charge is 0.396 e. The Hall–Kier alpha value is -0.810. The molecule has 0 spiro atoms. The van der Waals surface area contributed by atoms with Gasteiger partial charge >= 0.3 is 0 Å². The predicted octanol–water partition coefficient (Wildman–Crippen LogP) is 1.64. The molecule has 1 aromatic heterocycles. The third-order valence-electron chi connectivity index (χ3n) is 2.99.